The van der Waals surface area contributed by atoms with Crippen LogP contribution in [0, 0.1) is 6.92 Å². The third-order valence-electron chi connectivity index (χ3n) is 4.40. The molecule has 0 saturated heterocycles. The Labute approximate surface area is 160 Å². The molecular weight excluding hydrogens is 358 g/mol. The van der Waals surface area contributed by atoms with Gasteiger partial charge in [-0.2, -0.15) is 0 Å². The van der Waals surface area contributed by atoms with E-state index in [1.54, 1.807) is 19.4 Å². The number of hydrogen-bond donors (Lipinski definition) is 1. The van der Waals surface area contributed by atoms with Crippen LogP contribution >= 0.6 is 0 Å². The van der Waals surface area contributed by atoms with E-state index in [-0.39, 0.29) is 23.3 Å². The van der Waals surface area contributed by atoms with E-state index in [2.05, 4.69) is 10.3 Å². The Morgan fingerprint density at radius 2 is 2.00 bits per heavy atom. The maximum Gasteiger partial charge on any atom is 0.228 e. The van der Waals surface area contributed by atoms with Crippen molar-refractivity contribution in [3.63, 3.8) is 0 Å². The van der Waals surface area contributed by atoms with Crippen LogP contribution in [0.2, 0.25) is 0 Å². The molecule has 7 heteroatoms. The molecule has 7 nitrogen and oxygen atoms in total. The molecule has 0 aliphatic rings. The van der Waals surface area contributed by atoms with Crippen molar-refractivity contribution in [3.05, 3.63) is 76.7 Å². The predicted molar refractivity (Wildman–Crippen MR) is 104 cm³/mol. The fourth-order valence-corrected chi connectivity index (χ4v) is 3.11. The first-order valence-corrected chi connectivity index (χ1v) is 8.96. The number of nitrogens with one attached hydrogen (secondary N) is 1. The number of furan rings is 1. The first kappa shape index (κ1) is 17.8. The molecule has 0 atom stereocenters. The maximum absolute atomic E-state index is 12.5. The lowest BCUT2D eigenvalue weighted by Gasteiger charge is -2.06. The lowest BCUT2D eigenvalue weighted by Crippen LogP contribution is -2.28. The van der Waals surface area contributed by atoms with Crippen LogP contribution in [0.1, 0.15) is 11.3 Å². The molecule has 1 aromatic carbocycles. The highest BCUT2D eigenvalue weighted by Crippen LogP contribution is 2.33. The highest BCUT2D eigenvalue weighted by molar-refractivity contribution is 5.89. The number of nitrogens with zero attached hydrogens (tertiary/aromatic N) is 2. The van der Waals surface area contributed by atoms with Crippen molar-refractivity contribution < 1.29 is 13.6 Å². The Morgan fingerprint density at radius 1 is 1.18 bits per heavy atom. The molecule has 4 aromatic rings. The van der Waals surface area contributed by atoms with Gasteiger partial charge in [0.15, 0.2) is 5.58 Å². The molecule has 0 spiro atoms. The van der Waals surface area contributed by atoms with Gasteiger partial charge in [0.2, 0.25) is 16.9 Å². The van der Waals surface area contributed by atoms with Crippen LogP contribution in [-0.2, 0) is 17.8 Å². The second-order valence-electron chi connectivity index (χ2n) is 6.48. The zero-order valence-electron chi connectivity index (χ0n) is 15.3. The molecule has 0 saturated carbocycles. The predicted octanol–water partition coefficient (Wildman–Crippen LogP) is 2.92. The molecule has 0 aliphatic carbocycles. The molecule has 1 amide bonds. The smallest absolute Gasteiger partial charge is 0.228 e. The lowest BCUT2D eigenvalue weighted by molar-refractivity contribution is -0.120. The third-order valence-corrected chi connectivity index (χ3v) is 4.40. The number of fused-ring (bicyclic) bond motifs is 1. The topological polar surface area (TPSA) is 90.3 Å². The average molecular weight is 377 g/mol. The van der Waals surface area contributed by atoms with Gasteiger partial charge >= 0.3 is 0 Å². The first-order valence-electron chi connectivity index (χ1n) is 8.96. The van der Waals surface area contributed by atoms with Crippen molar-refractivity contribution in [3.8, 4) is 11.3 Å². The molecule has 4 rings (SSSR count). The van der Waals surface area contributed by atoms with Crippen LogP contribution in [0.3, 0.4) is 0 Å². The lowest BCUT2D eigenvalue weighted by atomic mass is 10.1. The van der Waals surface area contributed by atoms with Crippen LogP contribution in [-0.4, -0.2) is 22.0 Å². The summed E-state index contributed by atoms with van der Waals surface area (Å²) in [6.45, 7) is 2.79. The average Bonchev–Trinajstić information content (AvgIpc) is 3.31. The van der Waals surface area contributed by atoms with Gasteiger partial charge in [0.25, 0.3) is 0 Å². The minimum absolute atomic E-state index is 0.0492. The zero-order chi connectivity index (χ0) is 19.5. The molecule has 3 aromatic heterocycles. The monoisotopic (exact) mass is 377 g/mol. The fourth-order valence-electron chi connectivity index (χ4n) is 3.11. The van der Waals surface area contributed by atoms with Crippen LogP contribution in [0.25, 0.3) is 22.5 Å². The maximum atomic E-state index is 12.5. The van der Waals surface area contributed by atoms with E-state index in [0.717, 1.165) is 5.56 Å². The summed E-state index contributed by atoms with van der Waals surface area (Å²) in [5, 5.41) is 2.88. The summed E-state index contributed by atoms with van der Waals surface area (Å²) < 4.78 is 13.5. The SMILES string of the molecule is Cc1cc(=O)c2oc(-c3ccccc3)c(CC(=O)NCCn3ccnc3)c2o1. The van der Waals surface area contributed by atoms with Crippen LogP contribution in [0.4, 0.5) is 0 Å². The van der Waals surface area contributed by atoms with E-state index in [0.29, 0.717) is 35.8 Å². The molecule has 1 N–H and O–H groups in total. The Kier molecular flexibility index (Phi) is 4.80. The number of rotatable bonds is 6. The van der Waals surface area contributed by atoms with Crippen LogP contribution in [0.5, 0.6) is 0 Å². The minimum atomic E-state index is -0.261. The number of carbonyl (C=O) groups is 1. The van der Waals surface area contributed by atoms with Crippen molar-refractivity contribution in [2.24, 2.45) is 0 Å². The van der Waals surface area contributed by atoms with Gasteiger partial charge < -0.3 is 18.7 Å². The van der Waals surface area contributed by atoms with E-state index in [9.17, 15) is 9.59 Å². The van der Waals surface area contributed by atoms with Crippen LogP contribution in [0.15, 0.2) is 68.7 Å². The van der Waals surface area contributed by atoms with Crippen molar-refractivity contribution >= 4 is 17.1 Å². The molecule has 3 heterocycles. The molecule has 0 unspecified atom stereocenters. The fraction of sp³-hybridized carbons (Fsp3) is 0.190. The largest absolute Gasteiger partial charge is 0.457 e. The summed E-state index contributed by atoms with van der Waals surface area (Å²) in [7, 11) is 0. The summed E-state index contributed by atoms with van der Waals surface area (Å²) in [5.41, 5.74) is 1.55. The normalized spacial score (nSPS) is 11.0. The van der Waals surface area contributed by atoms with Gasteiger partial charge in [-0.1, -0.05) is 30.3 Å². The second-order valence-corrected chi connectivity index (χ2v) is 6.48. The van der Waals surface area contributed by atoms with E-state index in [4.69, 9.17) is 8.83 Å². The highest BCUT2D eigenvalue weighted by atomic mass is 16.4. The molecule has 28 heavy (non-hydrogen) atoms. The van der Waals surface area contributed by atoms with Gasteiger partial charge in [0.05, 0.1) is 18.3 Å². The molecular formula is C21H19N3O4. The van der Waals surface area contributed by atoms with Gasteiger partial charge in [-0.25, -0.2) is 4.98 Å². The number of aromatic nitrogens is 2. The van der Waals surface area contributed by atoms with Crippen molar-refractivity contribution in [2.75, 3.05) is 6.54 Å². The Bertz CT molecular complexity index is 1160. The van der Waals surface area contributed by atoms with E-state index in [1.807, 2.05) is 41.1 Å². The molecule has 0 radical (unpaired) electrons. The third kappa shape index (κ3) is 3.59. The molecule has 0 bridgehead atoms. The van der Waals surface area contributed by atoms with E-state index in [1.165, 1.54) is 6.07 Å². The van der Waals surface area contributed by atoms with Crippen molar-refractivity contribution in [1.82, 2.24) is 14.9 Å². The zero-order valence-corrected chi connectivity index (χ0v) is 15.3. The Balaban J connectivity index is 1.64. The van der Waals surface area contributed by atoms with E-state index < -0.39 is 0 Å². The van der Waals surface area contributed by atoms with Gasteiger partial charge in [-0.15, -0.1) is 0 Å². The standard InChI is InChI=1S/C21H19N3O4/c1-14-11-17(25)21-20(27-14)16(19(28-21)15-5-3-2-4-6-15)12-18(26)23-8-10-24-9-7-22-13-24/h2-7,9,11,13H,8,10,12H2,1H3,(H,23,26). The van der Waals surface area contributed by atoms with Gasteiger partial charge in [0, 0.05) is 37.1 Å². The molecule has 0 aliphatic heterocycles. The van der Waals surface area contributed by atoms with Gasteiger partial charge in [-0.3, -0.25) is 9.59 Å². The van der Waals surface area contributed by atoms with Crippen molar-refractivity contribution in [2.45, 2.75) is 19.9 Å². The summed E-state index contributed by atoms with van der Waals surface area (Å²) in [5.74, 6) is 0.774. The minimum Gasteiger partial charge on any atom is -0.457 e. The van der Waals surface area contributed by atoms with E-state index >= 15 is 0 Å². The first-order chi connectivity index (χ1) is 13.6. The summed E-state index contributed by atoms with van der Waals surface area (Å²) in [6.07, 6.45) is 5.27. The number of amides is 1. The number of benzene rings is 1. The summed E-state index contributed by atoms with van der Waals surface area (Å²) in [4.78, 5) is 28.8. The molecule has 142 valence electrons. The van der Waals surface area contributed by atoms with Crippen molar-refractivity contribution in [1.29, 1.82) is 0 Å². The Morgan fingerprint density at radius 3 is 2.75 bits per heavy atom. The number of carbonyl (C=O) groups excluding carboxylic acids is 1. The second kappa shape index (κ2) is 7.56. The summed E-state index contributed by atoms with van der Waals surface area (Å²) in [6, 6.07) is 10.8. The Hall–Kier alpha value is -3.61. The van der Waals surface area contributed by atoms with Gasteiger partial charge in [-0.05, 0) is 6.92 Å². The quantitative estimate of drug-likeness (QED) is 0.558. The van der Waals surface area contributed by atoms with Crippen LogP contribution < -0.4 is 10.7 Å². The molecule has 0 fully saturated rings. The number of imidazole rings is 1. The highest BCUT2D eigenvalue weighted by Gasteiger charge is 2.22. The number of hydrogen-bond acceptors (Lipinski definition) is 5. The van der Waals surface area contributed by atoms with Gasteiger partial charge in [0.1, 0.15) is 11.5 Å². The number of aryl methyl sites for hydroxylation is 1. The summed E-state index contributed by atoms with van der Waals surface area (Å²) >= 11 is 0.